The Morgan fingerprint density at radius 1 is 1.11 bits per heavy atom. The number of rotatable bonds is 5. The molecule has 0 saturated heterocycles. The molecular weight excluding hydrogens is 238 g/mol. The molecule has 2 aromatic rings. The van der Waals surface area contributed by atoms with Crippen molar-refractivity contribution in [2.45, 2.75) is 25.4 Å². The van der Waals surface area contributed by atoms with E-state index in [2.05, 4.69) is 4.98 Å². The van der Waals surface area contributed by atoms with Crippen molar-refractivity contribution in [3.05, 3.63) is 59.9 Å². The zero-order chi connectivity index (χ0) is 13.7. The second-order valence-electron chi connectivity index (χ2n) is 4.65. The summed E-state index contributed by atoms with van der Waals surface area (Å²) < 4.78 is 5.14. The third kappa shape index (κ3) is 3.12. The molecule has 1 N–H and O–H groups in total. The highest BCUT2D eigenvalue weighted by Gasteiger charge is 2.27. The minimum absolute atomic E-state index is 0.582. The summed E-state index contributed by atoms with van der Waals surface area (Å²) in [7, 11) is 1.64. The SMILES string of the molecule is CC[C@@](O)(Cc1ccncc1)c1ccc(OC)cc1. The molecule has 1 atom stereocenters. The van der Waals surface area contributed by atoms with Crippen LogP contribution < -0.4 is 4.74 Å². The summed E-state index contributed by atoms with van der Waals surface area (Å²) in [5.74, 6) is 0.797. The van der Waals surface area contributed by atoms with Crippen molar-refractivity contribution < 1.29 is 9.84 Å². The normalized spacial score (nSPS) is 13.8. The van der Waals surface area contributed by atoms with Gasteiger partial charge in [0.2, 0.25) is 0 Å². The Morgan fingerprint density at radius 3 is 2.26 bits per heavy atom. The number of hydrogen-bond donors (Lipinski definition) is 1. The fourth-order valence-corrected chi connectivity index (χ4v) is 2.17. The summed E-state index contributed by atoms with van der Waals surface area (Å²) >= 11 is 0. The lowest BCUT2D eigenvalue weighted by molar-refractivity contribution is 0.0327. The lowest BCUT2D eigenvalue weighted by Gasteiger charge is -2.27. The van der Waals surface area contributed by atoms with Gasteiger partial charge < -0.3 is 9.84 Å². The summed E-state index contributed by atoms with van der Waals surface area (Å²) in [6.07, 6.45) is 4.73. The highest BCUT2D eigenvalue weighted by molar-refractivity contribution is 5.32. The van der Waals surface area contributed by atoms with E-state index in [1.165, 1.54) is 0 Å². The van der Waals surface area contributed by atoms with Crippen molar-refractivity contribution in [3.8, 4) is 5.75 Å². The second-order valence-corrected chi connectivity index (χ2v) is 4.65. The lowest BCUT2D eigenvalue weighted by Crippen LogP contribution is -2.27. The molecule has 0 aliphatic carbocycles. The molecule has 0 fully saturated rings. The molecule has 0 spiro atoms. The number of methoxy groups -OCH3 is 1. The van der Waals surface area contributed by atoms with Crippen molar-refractivity contribution in [2.75, 3.05) is 7.11 Å². The van der Waals surface area contributed by atoms with Gasteiger partial charge in [0, 0.05) is 18.8 Å². The van der Waals surface area contributed by atoms with Crippen LogP contribution in [-0.2, 0) is 12.0 Å². The summed E-state index contributed by atoms with van der Waals surface area (Å²) in [6.45, 7) is 1.99. The van der Waals surface area contributed by atoms with E-state index in [0.717, 1.165) is 16.9 Å². The van der Waals surface area contributed by atoms with Gasteiger partial charge in [-0.25, -0.2) is 0 Å². The molecule has 0 saturated carbocycles. The first kappa shape index (κ1) is 13.6. The largest absolute Gasteiger partial charge is 0.497 e. The summed E-state index contributed by atoms with van der Waals surface area (Å²) in [4.78, 5) is 4.00. The Hall–Kier alpha value is -1.87. The quantitative estimate of drug-likeness (QED) is 0.895. The number of hydrogen-bond acceptors (Lipinski definition) is 3. The molecule has 1 aromatic heterocycles. The third-order valence-electron chi connectivity index (χ3n) is 3.46. The van der Waals surface area contributed by atoms with Gasteiger partial charge in [0.05, 0.1) is 12.7 Å². The van der Waals surface area contributed by atoms with Crippen LogP contribution in [-0.4, -0.2) is 17.2 Å². The van der Waals surface area contributed by atoms with Gasteiger partial charge in [-0.05, 0) is 41.8 Å². The highest BCUT2D eigenvalue weighted by atomic mass is 16.5. The van der Waals surface area contributed by atoms with E-state index in [4.69, 9.17) is 4.74 Å². The molecule has 1 heterocycles. The van der Waals surface area contributed by atoms with Crippen molar-refractivity contribution in [2.24, 2.45) is 0 Å². The van der Waals surface area contributed by atoms with E-state index in [0.29, 0.717) is 12.8 Å². The van der Waals surface area contributed by atoms with Gasteiger partial charge in [-0.1, -0.05) is 19.1 Å². The first-order chi connectivity index (χ1) is 9.18. The fourth-order valence-electron chi connectivity index (χ4n) is 2.17. The van der Waals surface area contributed by atoms with Gasteiger partial charge in [-0.3, -0.25) is 4.98 Å². The molecule has 0 aliphatic heterocycles. The Kier molecular flexibility index (Phi) is 4.17. The third-order valence-corrected chi connectivity index (χ3v) is 3.46. The van der Waals surface area contributed by atoms with Gasteiger partial charge in [-0.15, -0.1) is 0 Å². The highest BCUT2D eigenvalue weighted by Crippen LogP contribution is 2.30. The average molecular weight is 257 g/mol. The Morgan fingerprint density at radius 2 is 1.74 bits per heavy atom. The molecular formula is C16H19NO2. The molecule has 0 aliphatic rings. The number of nitrogens with zero attached hydrogens (tertiary/aromatic N) is 1. The van der Waals surface area contributed by atoms with Crippen LogP contribution in [0.5, 0.6) is 5.75 Å². The molecule has 100 valence electrons. The summed E-state index contributed by atoms with van der Waals surface area (Å²) in [5.41, 5.74) is 1.14. The van der Waals surface area contributed by atoms with Gasteiger partial charge in [0.1, 0.15) is 5.75 Å². The van der Waals surface area contributed by atoms with E-state index in [1.807, 2.05) is 43.3 Å². The minimum Gasteiger partial charge on any atom is -0.497 e. The van der Waals surface area contributed by atoms with Crippen LogP contribution in [0.2, 0.25) is 0 Å². The maximum Gasteiger partial charge on any atom is 0.118 e. The second kappa shape index (κ2) is 5.85. The molecule has 0 bridgehead atoms. The van der Waals surface area contributed by atoms with Crippen LogP contribution in [0.4, 0.5) is 0 Å². The van der Waals surface area contributed by atoms with Crippen LogP contribution >= 0.6 is 0 Å². The number of aromatic nitrogens is 1. The molecule has 0 unspecified atom stereocenters. The Balaban J connectivity index is 2.25. The predicted molar refractivity (Wildman–Crippen MR) is 75.1 cm³/mol. The molecule has 0 amide bonds. The van der Waals surface area contributed by atoms with Crippen molar-refractivity contribution in [1.29, 1.82) is 0 Å². The van der Waals surface area contributed by atoms with Gasteiger partial charge in [0.25, 0.3) is 0 Å². The van der Waals surface area contributed by atoms with E-state index in [-0.39, 0.29) is 0 Å². The van der Waals surface area contributed by atoms with E-state index in [9.17, 15) is 5.11 Å². The predicted octanol–water partition coefficient (Wildman–Crippen LogP) is 2.93. The van der Waals surface area contributed by atoms with Crippen LogP contribution in [0.1, 0.15) is 24.5 Å². The Labute approximate surface area is 113 Å². The first-order valence-corrected chi connectivity index (χ1v) is 6.44. The standard InChI is InChI=1S/C16H19NO2/c1-3-16(18,12-13-8-10-17-11-9-13)14-4-6-15(19-2)7-5-14/h4-11,18H,3,12H2,1-2H3/t16-/m1/s1. The average Bonchev–Trinajstić information content (AvgIpc) is 2.48. The summed E-state index contributed by atoms with van der Waals surface area (Å²) in [5, 5.41) is 10.8. The van der Waals surface area contributed by atoms with Crippen LogP contribution in [0.3, 0.4) is 0 Å². The van der Waals surface area contributed by atoms with Crippen LogP contribution in [0.15, 0.2) is 48.8 Å². The number of benzene rings is 1. The molecule has 1 aromatic carbocycles. The molecule has 19 heavy (non-hydrogen) atoms. The van der Waals surface area contributed by atoms with Crippen LogP contribution in [0, 0.1) is 0 Å². The van der Waals surface area contributed by atoms with Crippen molar-refractivity contribution in [3.63, 3.8) is 0 Å². The number of pyridine rings is 1. The Bertz CT molecular complexity index is 510. The first-order valence-electron chi connectivity index (χ1n) is 6.44. The number of aliphatic hydroxyl groups is 1. The zero-order valence-electron chi connectivity index (χ0n) is 11.3. The fraction of sp³-hybridized carbons (Fsp3) is 0.312. The molecule has 3 nitrogen and oxygen atoms in total. The number of ether oxygens (including phenoxy) is 1. The molecule has 2 rings (SSSR count). The smallest absolute Gasteiger partial charge is 0.118 e. The minimum atomic E-state index is -0.854. The van der Waals surface area contributed by atoms with Crippen molar-refractivity contribution in [1.82, 2.24) is 4.98 Å². The van der Waals surface area contributed by atoms with E-state index in [1.54, 1.807) is 19.5 Å². The topological polar surface area (TPSA) is 42.4 Å². The molecule has 0 radical (unpaired) electrons. The maximum absolute atomic E-state index is 10.8. The van der Waals surface area contributed by atoms with Gasteiger partial charge in [-0.2, -0.15) is 0 Å². The van der Waals surface area contributed by atoms with Gasteiger partial charge >= 0.3 is 0 Å². The lowest BCUT2D eigenvalue weighted by atomic mass is 9.85. The maximum atomic E-state index is 10.8. The van der Waals surface area contributed by atoms with E-state index < -0.39 is 5.60 Å². The van der Waals surface area contributed by atoms with Gasteiger partial charge in [0.15, 0.2) is 0 Å². The monoisotopic (exact) mass is 257 g/mol. The van der Waals surface area contributed by atoms with Crippen LogP contribution in [0.25, 0.3) is 0 Å². The van der Waals surface area contributed by atoms with E-state index >= 15 is 0 Å². The molecule has 3 heteroatoms. The summed E-state index contributed by atoms with van der Waals surface area (Å²) in [6, 6.07) is 11.5. The zero-order valence-corrected chi connectivity index (χ0v) is 11.3. The van der Waals surface area contributed by atoms with Crippen molar-refractivity contribution >= 4 is 0 Å².